The van der Waals surface area contributed by atoms with E-state index in [1.165, 1.54) is 0 Å². The molecule has 0 aliphatic carbocycles. The zero-order chi connectivity index (χ0) is 15.7. The van der Waals surface area contributed by atoms with Gasteiger partial charge < -0.3 is 9.88 Å². The van der Waals surface area contributed by atoms with Gasteiger partial charge in [-0.2, -0.15) is 11.8 Å². The molecule has 0 saturated carbocycles. The van der Waals surface area contributed by atoms with Gasteiger partial charge in [0.05, 0.1) is 4.90 Å². The van der Waals surface area contributed by atoms with Gasteiger partial charge in [0.15, 0.2) is 0 Å². The molecule has 0 amide bonds. The highest BCUT2D eigenvalue weighted by molar-refractivity contribution is 7.98. The van der Waals surface area contributed by atoms with E-state index in [9.17, 15) is 8.42 Å². The lowest BCUT2D eigenvalue weighted by Crippen LogP contribution is -2.24. The van der Waals surface area contributed by atoms with Crippen molar-refractivity contribution < 1.29 is 8.42 Å². The molecule has 1 aromatic heterocycles. The Bertz CT molecular complexity index is 489. The summed E-state index contributed by atoms with van der Waals surface area (Å²) in [4.78, 5) is 0.367. The van der Waals surface area contributed by atoms with Gasteiger partial charge >= 0.3 is 0 Å². The van der Waals surface area contributed by atoms with Crippen LogP contribution in [0.3, 0.4) is 0 Å². The standard InChI is InChI=1S/C14H27N3O2S2/c1-4-8-17-12-14(10-13(17)11-15-2)21(18,19)16-7-5-6-9-20-3/h10,12,15-16H,4-9,11H2,1-3H3. The van der Waals surface area contributed by atoms with Crippen LogP contribution < -0.4 is 10.0 Å². The van der Waals surface area contributed by atoms with Crippen molar-refractivity contribution in [2.45, 2.75) is 44.2 Å². The highest BCUT2D eigenvalue weighted by atomic mass is 32.2. The summed E-state index contributed by atoms with van der Waals surface area (Å²) in [5.41, 5.74) is 1.00. The van der Waals surface area contributed by atoms with Gasteiger partial charge in [-0.25, -0.2) is 13.1 Å². The zero-order valence-electron chi connectivity index (χ0n) is 13.2. The van der Waals surface area contributed by atoms with Crippen LogP contribution in [0.4, 0.5) is 0 Å². The van der Waals surface area contributed by atoms with Crippen molar-refractivity contribution in [2.24, 2.45) is 0 Å². The van der Waals surface area contributed by atoms with Crippen molar-refractivity contribution in [1.82, 2.24) is 14.6 Å². The van der Waals surface area contributed by atoms with Crippen molar-refractivity contribution in [3.63, 3.8) is 0 Å². The van der Waals surface area contributed by atoms with Crippen LogP contribution in [0.1, 0.15) is 31.9 Å². The third-order valence-electron chi connectivity index (χ3n) is 3.16. The van der Waals surface area contributed by atoms with Crippen molar-refractivity contribution in [1.29, 1.82) is 0 Å². The van der Waals surface area contributed by atoms with E-state index in [1.807, 2.05) is 11.6 Å². The second-order valence-corrected chi connectivity index (χ2v) is 7.74. The number of aromatic nitrogens is 1. The monoisotopic (exact) mass is 333 g/mol. The minimum atomic E-state index is -3.39. The summed E-state index contributed by atoms with van der Waals surface area (Å²) >= 11 is 1.78. The van der Waals surface area contributed by atoms with E-state index in [0.717, 1.165) is 37.3 Å². The Labute approximate surface area is 132 Å². The molecule has 0 aliphatic rings. The largest absolute Gasteiger partial charge is 0.349 e. The topological polar surface area (TPSA) is 63.1 Å². The van der Waals surface area contributed by atoms with Crippen LogP contribution in [0.2, 0.25) is 0 Å². The fourth-order valence-corrected chi connectivity index (χ4v) is 3.74. The second kappa shape index (κ2) is 9.50. The van der Waals surface area contributed by atoms with Crippen LogP contribution in [0, 0.1) is 0 Å². The summed E-state index contributed by atoms with van der Waals surface area (Å²) in [5.74, 6) is 1.07. The Morgan fingerprint density at radius 3 is 2.71 bits per heavy atom. The third kappa shape index (κ3) is 6.02. The number of nitrogens with zero attached hydrogens (tertiary/aromatic N) is 1. The maximum atomic E-state index is 12.3. The van der Waals surface area contributed by atoms with Crippen LogP contribution in [0.15, 0.2) is 17.2 Å². The smallest absolute Gasteiger partial charge is 0.242 e. The Kier molecular flexibility index (Phi) is 8.39. The van der Waals surface area contributed by atoms with Gasteiger partial charge in [-0.05, 0) is 44.4 Å². The maximum absolute atomic E-state index is 12.3. The first-order valence-electron chi connectivity index (χ1n) is 7.37. The van der Waals surface area contributed by atoms with Gasteiger partial charge in [-0.3, -0.25) is 0 Å². The van der Waals surface area contributed by atoms with Crippen LogP contribution in [0.25, 0.3) is 0 Å². The fraction of sp³-hybridized carbons (Fsp3) is 0.714. The molecule has 0 aromatic carbocycles. The first-order valence-corrected chi connectivity index (χ1v) is 10.2. The molecule has 0 unspecified atom stereocenters. The molecule has 2 N–H and O–H groups in total. The van der Waals surface area contributed by atoms with Gasteiger partial charge in [0.25, 0.3) is 0 Å². The zero-order valence-corrected chi connectivity index (χ0v) is 14.8. The Hall–Kier alpha value is -0.500. The van der Waals surface area contributed by atoms with E-state index in [1.54, 1.807) is 24.0 Å². The lowest BCUT2D eigenvalue weighted by atomic mass is 10.3. The maximum Gasteiger partial charge on any atom is 0.242 e. The van der Waals surface area contributed by atoms with Gasteiger partial charge in [-0.1, -0.05) is 6.92 Å². The summed E-state index contributed by atoms with van der Waals surface area (Å²) in [5, 5.41) is 3.08. The number of hydrogen-bond donors (Lipinski definition) is 2. The average molecular weight is 334 g/mol. The summed E-state index contributed by atoms with van der Waals surface area (Å²) in [6, 6.07) is 1.76. The summed E-state index contributed by atoms with van der Waals surface area (Å²) in [7, 11) is -1.53. The van der Waals surface area contributed by atoms with Gasteiger partial charge in [0.2, 0.25) is 10.0 Å². The van der Waals surface area contributed by atoms with Crippen LogP contribution in [-0.4, -0.2) is 38.6 Å². The molecular formula is C14H27N3O2S2. The van der Waals surface area contributed by atoms with Crippen molar-refractivity contribution in [2.75, 3.05) is 25.6 Å². The van der Waals surface area contributed by atoms with Crippen molar-refractivity contribution in [3.8, 4) is 0 Å². The summed E-state index contributed by atoms with van der Waals surface area (Å²) < 4.78 is 29.3. The Morgan fingerprint density at radius 1 is 1.33 bits per heavy atom. The van der Waals surface area contributed by atoms with Gasteiger partial charge in [0, 0.05) is 31.5 Å². The van der Waals surface area contributed by atoms with Crippen LogP contribution in [0.5, 0.6) is 0 Å². The first kappa shape index (κ1) is 18.5. The predicted molar refractivity (Wildman–Crippen MR) is 90.3 cm³/mol. The number of rotatable bonds is 11. The lowest BCUT2D eigenvalue weighted by molar-refractivity contribution is 0.577. The van der Waals surface area contributed by atoms with Crippen molar-refractivity contribution >= 4 is 21.8 Å². The third-order valence-corrected chi connectivity index (χ3v) is 5.29. The molecule has 0 aliphatic heterocycles. The molecule has 0 bridgehead atoms. The molecule has 122 valence electrons. The summed E-state index contributed by atoms with van der Waals surface area (Å²) in [6.45, 7) is 4.09. The molecule has 0 fully saturated rings. The molecule has 7 heteroatoms. The number of aryl methyl sites for hydroxylation is 1. The lowest BCUT2D eigenvalue weighted by Gasteiger charge is -2.06. The van der Waals surface area contributed by atoms with Gasteiger partial charge in [-0.15, -0.1) is 0 Å². The predicted octanol–water partition coefficient (Wildman–Crippen LogP) is 2.04. The van der Waals surface area contributed by atoms with Crippen LogP contribution in [-0.2, 0) is 23.1 Å². The number of nitrogens with one attached hydrogen (secondary N) is 2. The number of sulfonamides is 1. The molecule has 1 aromatic rings. The van der Waals surface area contributed by atoms with E-state index >= 15 is 0 Å². The molecule has 21 heavy (non-hydrogen) atoms. The molecule has 0 radical (unpaired) electrons. The van der Waals surface area contributed by atoms with E-state index in [4.69, 9.17) is 0 Å². The van der Waals surface area contributed by atoms with E-state index in [0.29, 0.717) is 18.0 Å². The van der Waals surface area contributed by atoms with Crippen molar-refractivity contribution in [3.05, 3.63) is 18.0 Å². The second-order valence-electron chi connectivity index (χ2n) is 4.99. The van der Waals surface area contributed by atoms with E-state index < -0.39 is 10.0 Å². The van der Waals surface area contributed by atoms with Crippen LogP contribution >= 0.6 is 11.8 Å². The molecule has 0 spiro atoms. The van der Waals surface area contributed by atoms with Gasteiger partial charge in [0.1, 0.15) is 0 Å². The van der Waals surface area contributed by atoms with E-state index in [2.05, 4.69) is 23.2 Å². The average Bonchev–Trinajstić information content (AvgIpc) is 2.84. The molecule has 5 nitrogen and oxygen atoms in total. The Morgan fingerprint density at radius 2 is 2.10 bits per heavy atom. The SMILES string of the molecule is CCCn1cc(S(=O)(=O)NCCCCSC)cc1CNC. The molecule has 1 rings (SSSR count). The highest BCUT2D eigenvalue weighted by Crippen LogP contribution is 2.15. The number of hydrogen-bond acceptors (Lipinski definition) is 4. The normalized spacial score (nSPS) is 12.0. The summed E-state index contributed by atoms with van der Waals surface area (Å²) in [6.07, 6.45) is 6.68. The number of thioether (sulfide) groups is 1. The Balaban J connectivity index is 2.71. The first-order chi connectivity index (χ1) is 10.0. The molecular weight excluding hydrogens is 306 g/mol. The fourth-order valence-electron chi connectivity index (χ4n) is 2.11. The minimum absolute atomic E-state index is 0.367. The molecule has 0 atom stereocenters. The molecule has 1 heterocycles. The molecule has 0 saturated heterocycles. The van der Waals surface area contributed by atoms with E-state index in [-0.39, 0.29) is 0 Å². The quantitative estimate of drug-likeness (QED) is 0.608. The minimum Gasteiger partial charge on any atom is -0.349 e. The number of unbranched alkanes of at least 4 members (excludes halogenated alkanes) is 1. The highest BCUT2D eigenvalue weighted by Gasteiger charge is 2.17.